The van der Waals surface area contributed by atoms with Crippen LogP contribution in [0.3, 0.4) is 0 Å². The van der Waals surface area contributed by atoms with Gasteiger partial charge in [0.15, 0.2) is 0 Å². The van der Waals surface area contributed by atoms with Gasteiger partial charge in [0.25, 0.3) is 5.91 Å². The number of rotatable bonds is 6. The number of carbonyl (C=O) groups is 1. The topological polar surface area (TPSA) is 56.1 Å². The van der Waals surface area contributed by atoms with Crippen molar-refractivity contribution >= 4 is 17.5 Å². The van der Waals surface area contributed by atoms with Crippen molar-refractivity contribution in [2.45, 2.75) is 26.8 Å². The average molecular weight is 402 g/mol. The molecule has 0 radical (unpaired) electrons. The highest BCUT2D eigenvalue weighted by molar-refractivity contribution is 6.33. The zero-order valence-electron chi connectivity index (χ0n) is 15.9. The maximum atomic E-state index is 13.2. The number of nitrogens with one attached hydrogen (secondary N) is 1. The van der Waals surface area contributed by atoms with Gasteiger partial charge in [-0.05, 0) is 62.7 Å². The highest BCUT2D eigenvalue weighted by Gasteiger charge is 2.22. The summed E-state index contributed by atoms with van der Waals surface area (Å²) in [6.07, 6.45) is 0. The molecule has 0 spiro atoms. The number of hydrogen-bond acceptors (Lipinski definition) is 3. The monoisotopic (exact) mass is 401 g/mol. The molecule has 1 heterocycles. The smallest absolute Gasteiger partial charge is 0.256 e. The van der Waals surface area contributed by atoms with Crippen LogP contribution in [-0.2, 0) is 0 Å². The Labute approximate surface area is 168 Å². The van der Waals surface area contributed by atoms with Crippen molar-refractivity contribution in [1.29, 1.82) is 0 Å². The molecular weight excluding hydrogens is 381 g/mol. The largest absolute Gasteiger partial charge is 0.494 e. The fourth-order valence-corrected chi connectivity index (χ4v) is 3.26. The average Bonchev–Trinajstić information content (AvgIpc) is 2.97. The van der Waals surface area contributed by atoms with E-state index >= 15 is 0 Å². The van der Waals surface area contributed by atoms with Crippen molar-refractivity contribution < 1.29 is 13.9 Å². The Hall–Kier alpha value is -2.86. The minimum atomic E-state index is -0.357. The summed E-state index contributed by atoms with van der Waals surface area (Å²) in [6.45, 7) is 6.08. The molecule has 1 atom stereocenters. The third-order valence-corrected chi connectivity index (χ3v) is 4.67. The first kappa shape index (κ1) is 19.9. The van der Waals surface area contributed by atoms with Gasteiger partial charge >= 0.3 is 0 Å². The van der Waals surface area contributed by atoms with E-state index in [0.717, 1.165) is 11.3 Å². The van der Waals surface area contributed by atoms with Crippen LogP contribution in [0.15, 0.2) is 48.5 Å². The SMILES string of the molecule is CCOc1cccc(C(C)NC(=O)c2c(C)nn(-c3ccc(F)cc3)c2Cl)c1. The van der Waals surface area contributed by atoms with Gasteiger partial charge in [-0.2, -0.15) is 5.10 Å². The summed E-state index contributed by atoms with van der Waals surface area (Å²) in [5.41, 5.74) is 2.27. The van der Waals surface area contributed by atoms with Crippen LogP contribution in [0.25, 0.3) is 5.69 Å². The predicted octanol–water partition coefficient (Wildman–Crippen LogP) is 4.86. The zero-order chi connectivity index (χ0) is 20.3. The number of aromatic nitrogens is 2. The van der Waals surface area contributed by atoms with E-state index in [9.17, 15) is 9.18 Å². The second kappa shape index (κ2) is 8.44. The Morgan fingerprint density at radius 1 is 1.29 bits per heavy atom. The second-order valence-corrected chi connectivity index (χ2v) is 6.70. The molecule has 1 unspecified atom stereocenters. The quantitative estimate of drug-likeness (QED) is 0.641. The Morgan fingerprint density at radius 2 is 2.00 bits per heavy atom. The molecule has 0 fully saturated rings. The van der Waals surface area contributed by atoms with E-state index in [1.807, 2.05) is 38.1 Å². The predicted molar refractivity (Wildman–Crippen MR) is 107 cm³/mol. The van der Waals surface area contributed by atoms with Crippen molar-refractivity contribution in [2.24, 2.45) is 0 Å². The number of amides is 1. The number of nitrogens with zero attached hydrogens (tertiary/aromatic N) is 2. The van der Waals surface area contributed by atoms with E-state index in [-0.39, 0.29) is 22.9 Å². The van der Waals surface area contributed by atoms with Crippen LogP contribution in [0, 0.1) is 12.7 Å². The van der Waals surface area contributed by atoms with Crippen LogP contribution in [-0.4, -0.2) is 22.3 Å². The van der Waals surface area contributed by atoms with Crippen LogP contribution < -0.4 is 10.1 Å². The fourth-order valence-electron chi connectivity index (χ4n) is 2.90. The molecule has 0 aliphatic heterocycles. The number of aryl methyl sites for hydroxylation is 1. The summed E-state index contributed by atoms with van der Waals surface area (Å²) in [5.74, 6) is 0.0643. The molecule has 0 saturated heterocycles. The highest BCUT2D eigenvalue weighted by atomic mass is 35.5. The standard InChI is InChI=1S/C21H21ClFN3O2/c1-4-28-18-7-5-6-15(12-18)13(2)24-21(27)19-14(3)25-26(20(19)22)17-10-8-16(23)9-11-17/h5-13H,4H2,1-3H3,(H,24,27). The molecular formula is C21H21ClFN3O2. The highest BCUT2D eigenvalue weighted by Crippen LogP contribution is 2.25. The van der Waals surface area contributed by atoms with Crippen LogP contribution in [0.2, 0.25) is 5.15 Å². The molecule has 3 rings (SSSR count). The molecule has 1 aromatic heterocycles. The first-order chi connectivity index (χ1) is 13.4. The summed E-state index contributed by atoms with van der Waals surface area (Å²) in [7, 11) is 0. The van der Waals surface area contributed by atoms with Gasteiger partial charge in [0, 0.05) is 0 Å². The summed E-state index contributed by atoms with van der Waals surface area (Å²) in [5, 5.41) is 7.45. The molecule has 1 N–H and O–H groups in total. The number of hydrogen-bond donors (Lipinski definition) is 1. The number of benzene rings is 2. The normalized spacial score (nSPS) is 11.9. The molecule has 0 aliphatic rings. The Bertz CT molecular complexity index is 986. The Balaban J connectivity index is 1.83. The van der Waals surface area contributed by atoms with Gasteiger partial charge in [0.2, 0.25) is 0 Å². The number of ether oxygens (including phenoxy) is 1. The zero-order valence-corrected chi connectivity index (χ0v) is 16.6. The molecule has 146 valence electrons. The van der Waals surface area contributed by atoms with Crippen molar-refractivity contribution in [3.8, 4) is 11.4 Å². The van der Waals surface area contributed by atoms with Gasteiger partial charge in [-0.15, -0.1) is 0 Å². The lowest BCUT2D eigenvalue weighted by molar-refractivity contribution is 0.0939. The first-order valence-electron chi connectivity index (χ1n) is 8.95. The summed E-state index contributed by atoms with van der Waals surface area (Å²) in [6, 6.07) is 13.1. The molecule has 2 aromatic carbocycles. The van der Waals surface area contributed by atoms with E-state index in [4.69, 9.17) is 16.3 Å². The lowest BCUT2D eigenvalue weighted by Gasteiger charge is -2.15. The van der Waals surface area contributed by atoms with Gasteiger partial charge in [-0.25, -0.2) is 9.07 Å². The summed E-state index contributed by atoms with van der Waals surface area (Å²) >= 11 is 6.42. The van der Waals surface area contributed by atoms with Gasteiger partial charge in [-0.3, -0.25) is 4.79 Å². The number of carbonyl (C=O) groups excluding carboxylic acids is 1. The van der Waals surface area contributed by atoms with E-state index in [1.165, 1.54) is 16.8 Å². The maximum Gasteiger partial charge on any atom is 0.256 e. The van der Waals surface area contributed by atoms with Gasteiger partial charge in [-0.1, -0.05) is 23.7 Å². The lowest BCUT2D eigenvalue weighted by Crippen LogP contribution is -2.27. The second-order valence-electron chi connectivity index (χ2n) is 6.34. The first-order valence-corrected chi connectivity index (χ1v) is 9.33. The third kappa shape index (κ3) is 4.17. The molecule has 0 bridgehead atoms. The summed E-state index contributed by atoms with van der Waals surface area (Å²) < 4.78 is 20.1. The molecule has 3 aromatic rings. The minimum Gasteiger partial charge on any atom is -0.494 e. The van der Waals surface area contributed by atoms with Crippen molar-refractivity contribution in [1.82, 2.24) is 15.1 Å². The number of halogens is 2. The van der Waals surface area contributed by atoms with E-state index in [0.29, 0.717) is 23.6 Å². The van der Waals surface area contributed by atoms with Gasteiger partial charge in [0.1, 0.15) is 16.7 Å². The molecule has 0 saturated carbocycles. The molecule has 5 nitrogen and oxygen atoms in total. The third-order valence-electron chi connectivity index (χ3n) is 4.32. The Kier molecular flexibility index (Phi) is 5.99. The van der Waals surface area contributed by atoms with Gasteiger partial charge in [0.05, 0.1) is 29.6 Å². The molecule has 1 amide bonds. The van der Waals surface area contributed by atoms with Crippen LogP contribution in [0.1, 0.15) is 41.5 Å². The van der Waals surface area contributed by atoms with Crippen LogP contribution in [0.4, 0.5) is 4.39 Å². The minimum absolute atomic E-state index is 0.178. The van der Waals surface area contributed by atoms with Crippen LogP contribution >= 0.6 is 11.6 Å². The van der Waals surface area contributed by atoms with Crippen molar-refractivity contribution in [3.63, 3.8) is 0 Å². The fraction of sp³-hybridized carbons (Fsp3) is 0.238. The lowest BCUT2D eigenvalue weighted by atomic mass is 10.1. The van der Waals surface area contributed by atoms with E-state index in [2.05, 4.69) is 10.4 Å². The van der Waals surface area contributed by atoms with E-state index < -0.39 is 0 Å². The van der Waals surface area contributed by atoms with Gasteiger partial charge < -0.3 is 10.1 Å². The van der Waals surface area contributed by atoms with Crippen LogP contribution in [0.5, 0.6) is 5.75 Å². The molecule has 0 aliphatic carbocycles. The molecule has 28 heavy (non-hydrogen) atoms. The van der Waals surface area contributed by atoms with Crippen molar-refractivity contribution in [2.75, 3.05) is 6.61 Å². The van der Waals surface area contributed by atoms with Crippen molar-refractivity contribution in [3.05, 3.63) is 76.3 Å². The Morgan fingerprint density at radius 3 is 2.68 bits per heavy atom. The van der Waals surface area contributed by atoms with E-state index in [1.54, 1.807) is 19.1 Å². The summed E-state index contributed by atoms with van der Waals surface area (Å²) in [4.78, 5) is 12.8. The maximum absolute atomic E-state index is 13.2. The molecule has 7 heteroatoms.